The molecule has 3 rings (SSSR count). The molecule has 0 N–H and O–H groups in total. The monoisotopic (exact) mass is 304 g/mol. The molecule has 6 nitrogen and oxygen atoms in total. The van der Waals surface area contributed by atoms with E-state index >= 15 is 0 Å². The molecule has 0 aliphatic heterocycles. The van der Waals surface area contributed by atoms with E-state index in [2.05, 4.69) is 15.5 Å². The molecule has 1 aromatic heterocycles. The molecule has 0 saturated heterocycles. The molecule has 2 aromatic rings. The van der Waals surface area contributed by atoms with E-state index in [-0.39, 0.29) is 11.2 Å². The minimum Gasteiger partial charge on any atom is -0.426 e. The molecule has 1 aliphatic carbocycles. The maximum atomic E-state index is 12.1. The number of tetrazole rings is 1. The van der Waals surface area contributed by atoms with Crippen molar-refractivity contribution in [3.8, 4) is 5.75 Å². The van der Waals surface area contributed by atoms with Crippen molar-refractivity contribution in [2.75, 3.05) is 0 Å². The molecular weight excluding hydrogens is 288 g/mol. The summed E-state index contributed by atoms with van der Waals surface area (Å²) < 4.78 is 7.15. The molecule has 1 aromatic carbocycles. The van der Waals surface area contributed by atoms with Gasteiger partial charge in [0, 0.05) is 0 Å². The summed E-state index contributed by atoms with van der Waals surface area (Å²) in [7, 11) is 0. The summed E-state index contributed by atoms with van der Waals surface area (Å²) in [5, 5.41) is 11.9. The van der Waals surface area contributed by atoms with Crippen LogP contribution in [0.25, 0.3) is 0 Å². The van der Waals surface area contributed by atoms with Crippen molar-refractivity contribution in [3.63, 3.8) is 0 Å². The summed E-state index contributed by atoms with van der Waals surface area (Å²) >= 11 is 1.33. The first-order valence-electron chi connectivity index (χ1n) is 6.86. The van der Waals surface area contributed by atoms with Crippen molar-refractivity contribution in [1.82, 2.24) is 20.2 Å². The second-order valence-corrected chi connectivity index (χ2v) is 6.44. The van der Waals surface area contributed by atoms with Gasteiger partial charge in [-0.2, -0.15) is 0 Å². The number of hydrogen-bond acceptors (Lipinski definition) is 6. The number of carbonyl (C=O) groups is 1. The van der Waals surface area contributed by atoms with Gasteiger partial charge in [-0.1, -0.05) is 29.5 Å². The Hall–Kier alpha value is -1.89. The third-order valence-corrected chi connectivity index (χ3v) is 4.23. The van der Waals surface area contributed by atoms with E-state index < -0.39 is 0 Å². The number of aromatic nitrogens is 4. The Labute approximate surface area is 126 Å². The quantitative estimate of drug-likeness (QED) is 0.480. The molecule has 1 aliphatic rings. The fourth-order valence-electron chi connectivity index (χ4n) is 1.82. The van der Waals surface area contributed by atoms with Crippen LogP contribution in [0.4, 0.5) is 0 Å². The maximum absolute atomic E-state index is 12.1. The first kappa shape index (κ1) is 14.1. The Bertz CT molecular complexity index is 637. The lowest BCUT2D eigenvalue weighted by atomic mass is 10.2. The second-order valence-electron chi connectivity index (χ2n) is 5.13. The van der Waals surface area contributed by atoms with Gasteiger partial charge in [-0.3, -0.25) is 4.79 Å². The summed E-state index contributed by atoms with van der Waals surface area (Å²) in [5.74, 6) is 0.258. The molecule has 0 bridgehead atoms. The number of rotatable bonds is 5. The van der Waals surface area contributed by atoms with Gasteiger partial charge in [0.1, 0.15) is 11.0 Å². The summed E-state index contributed by atoms with van der Waals surface area (Å²) in [6.45, 7) is 3.79. The zero-order chi connectivity index (χ0) is 14.8. The standard InChI is InChI=1S/C14H16N4O2S/c1-9-3-7-12(8-4-9)20-13(19)10(2)21-14-15-16-17-18(14)11-5-6-11/h3-4,7-8,10-11H,5-6H2,1-2H3. The van der Waals surface area contributed by atoms with Crippen molar-refractivity contribution >= 4 is 17.7 Å². The van der Waals surface area contributed by atoms with Gasteiger partial charge >= 0.3 is 5.97 Å². The molecule has 0 spiro atoms. The number of ether oxygens (including phenoxy) is 1. The van der Waals surface area contributed by atoms with E-state index in [0.717, 1.165) is 18.4 Å². The highest BCUT2D eigenvalue weighted by Gasteiger charge is 2.29. The van der Waals surface area contributed by atoms with E-state index in [1.165, 1.54) is 11.8 Å². The fourth-order valence-corrected chi connectivity index (χ4v) is 2.66. The predicted octanol–water partition coefficient (Wildman–Crippen LogP) is 2.40. The average Bonchev–Trinajstić information content (AvgIpc) is 3.21. The largest absolute Gasteiger partial charge is 0.426 e. The number of nitrogens with zero attached hydrogens (tertiary/aromatic N) is 4. The molecular formula is C14H16N4O2S. The van der Waals surface area contributed by atoms with Crippen LogP contribution in [0.3, 0.4) is 0 Å². The topological polar surface area (TPSA) is 69.9 Å². The number of hydrogen-bond donors (Lipinski definition) is 0. The Balaban J connectivity index is 1.61. The highest BCUT2D eigenvalue weighted by atomic mass is 32.2. The lowest BCUT2D eigenvalue weighted by molar-refractivity contribution is -0.133. The van der Waals surface area contributed by atoms with Gasteiger partial charge in [-0.05, 0) is 49.2 Å². The second kappa shape index (κ2) is 5.85. The third-order valence-electron chi connectivity index (χ3n) is 3.21. The van der Waals surface area contributed by atoms with Crippen LogP contribution in [0.2, 0.25) is 0 Å². The predicted molar refractivity (Wildman–Crippen MR) is 78.2 cm³/mol. The number of esters is 1. The molecule has 0 radical (unpaired) electrons. The van der Waals surface area contributed by atoms with Gasteiger partial charge in [0.15, 0.2) is 0 Å². The van der Waals surface area contributed by atoms with Crippen LogP contribution in [0.5, 0.6) is 5.75 Å². The van der Waals surface area contributed by atoms with Gasteiger partial charge in [0.2, 0.25) is 5.16 Å². The van der Waals surface area contributed by atoms with E-state index in [0.29, 0.717) is 16.9 Å². The third kappa shape index (κ3) is 3.41. The van der Waals surface area contributed by atoms with Crippen molar-refractivity contribution in [3.05, 3.63) is 29.8 Å². The highest BCUT2D eigenvalue weighted by molar-refractivity contribution is 8.00. The number of carbonyl (C=O) groups excluding carboxylic acids is 1. The summed E-state index contributed by atoms with van der Waals surface area (Å²) in [5.41, 5.74) is 1.13. The number of benzene rings is 1. The summed E-state index contributed by atoms with van der Waals surface area (Å²) in [6, 6.07) is 7.79. The fraction of sp³-hybridized carbons (Fsp3) is 0.429. The zero-order valence-electron chi connectivity index (χ0n) is 11.9. The zero-order valence-corrected chi connectivity index (χ0v) is 12.7. The van der Waals surface area contributed by atoms with E-state index in [1.807, 2.05) is 19.1 Å². The lowest BCUT2D eigenvalue weighted by Crippen LogP contribution is -2.20. The lowest BCUT2D eigenvalue weighted by Gasteiger charge is -2.10. The molecule has 0 amide bonds. The van der Waals surface area contributed by atoms with Gasteiger partial charge in [-0.25, -0.2) is 4.68 Å². The molecule has 1 heterocycles. The van der Waals surface area contributed by atoms with Crippen molar-refractivity contribution in [2.24, 2.45) is 0 Å². The number of thioether (sulfide) groups is 1. The SMILES string of the molecule is Cc1ccc(OC(=O)C(C)Sc2nnnn2C2CC2)cc1. The normalized spacial score (nSPS) is 15.7. The molecule has 110 valence electrons. The molecule has 1 saturated carbocycles. The number of aryl methyl sites for hydroxylation is 1. The highest BCUT2D eigenvalue weighted by Crippen LogP contribution is 2.37. The average molecular weight is 304 g/mol. The van der Waals surface area contributed by atoms with Crippen LogP contribution in [0.15, 0.2) is 29.4 Å². The first-order valence-corrected chi connectivity index (χ1v) is 7.74. The summed E-state index contributed by atoms with van der Waals surface area (Å²) in [6.07, 6.45) is 2.20. The molecule has 1 fully saturated rings. The van der Waals surface area contributed by atoms with E-state index in [1.54, 1.807) is 23.7 Å². The van der Waals surface area contributed by atoms with Crippen LogP contribution in [0, 0.1) is 6.92 Å². The molecule has 1 unspecified atom stereocenters. The van der Waals surface area contributed by atoms with Crippen LogP contribution in [-0.2, 0) is 4.79 Å². The van der Waals surface area contributed by atoms with Crippen molar-refractivity contribution in [1.29, 1.82) is 0 Å². The smallest absolute Gasteiger partial charge is 0.324 e. The van der Waals surface area contributed by atoms with Crippen LogP contribution in [-0.4, -0.2) is 31.4 Å². The van der Waals surface area contributed by atoms with Gasteiger partial charge in [0.05, 0.1) is 6.04 Å². The minimum absolute atomic E-state index is 0.297. The van der Waals surface area contributed by atoms with Gasteiger partial charge < -0.3 is 4.74 Å². The van der Waals surface area contributed by atoms with Crippen LogP contribution < -0.4 is 4.74 Å². The van der Waals surface area contributed by atoms with Gasteiger partial charge in [-0.15, -0.1) is 5.10 Å². The minimum atomic E-state index is -0.366. The Morgan fingerprint density at radius 3 is 2.76 bits per heavy atom. The Morgan fingerprint density at radius 2 is 2.10 bits per heavy atom. The Kier molecular flexibility index (Phi) is 3.92. The van der Waals surface area contributed by atoms with Crippen molar-refractivity contribution < 1.29 is 9.53 Å². The van der Waals surface area contributed by atoms with E-state index in [4.69, 9.17) is 4.74 Å². The van der Waals surface area contributed by atoms with Crippen LogP contribution in [0.1, 0.15) is 31.4 Å². The van der Waals surface area contributed by atoms with Crippen LogP contribution >= 0.6 is 11.8 Å². The summed E-state index contributed by atoms with van der Waals surface area (Å²) in [4.78, 5) is 12.1. The molecule has 1 atom stereocenters. The first-order chi connectivity index (χ1) is 10.1. The Morgan fingerprint density at radius 1 is 1.38 bits per heavy atom. The maximum Gasteiger partial charge on any atom is 0.324 e. The van der Waals surface area contributed by atoms with E-state index in [9.17, 15) is 4.79 Å². The molecule has 21 heavy (non-hydrogen) atoms. The molecule has 7 heteroatoms. The van der Waals surface area contributed by atoms with Crippen molar-refractivity contribution in [2.45, 2.75) is 43.1 Å². The van der Waals surface area contributed by atoms with Gasteiger partial charge in [0.25, 0.3) is 0 Å².